The lowest BCUT2D eigenvalue weighted by molar-refractivity contribution is 0.269. The molecule has 0 spiro atoms. The molecule has 3 nitrogen and oxygen atoms in total. The van der Waals surface area contributed by atoms with E-state index in [4.69, 9.17) is 0 Å². The molecule has 1 aromatic rings. The van der Waals surface area contributed by atoms with E-state index in [1.807, 2.05) is 18.2 Å². The molecule has 1 N–H and O–H groups in total. The molecule has 1 aliphatic rings. The van der Waals surface area contributed by atoms with E-state index in [1.54, 1.807) is 11.8 Å². The molecule has 1 fully saturated rings. The van der Waals surface area contributed by atoms with Crippen molar-refractivity contribution in [3.63, 3.8) is 0 Å². The second-order valence-electron chi connectivity index (χ2n) is 5.20. The van der Waals surface area contributed by atoms with Gasteiger partial charge in [0.1, 0.15) is 6.07 Å². The van der Waals surface area contributed by atoms with E-state index in [2.05, 4.69) is 30.1 Å². The summed E-state index contributed by atoms with van der Waals surface area (Å²) in [6, 6.07) is 8.93. The summed E-state index contributed by atoms with van der Waals surface area (Å²) >= 11 is 1.73. The molecule has 1 saturated heterocycles. The van der Waals surface area contributed by atoms with E-state index in [-0.39, 0.29) is 0 Å². The number of nitrogens with zero attached hydrogens (tertiary/aromatic N) is 2. The molecule has 108 valence electrons. The van der Waals surface area contributed by atoms with Crippen LogP contribution in [-0.4, -0.2) is 36.3 Å². The molecule has 4 heteroatoms. The average Bonchev–Trinajstić information content (AvgIpc) is 2.99. The summed E-state index contributed by atoms with van der Waals surface area (Å²) in [7, 11) is 0. The van der Waals surface area contributed by atoms with Gasteiger partial charge in [-0.15, -0.1) is 11.8 Å². The zero-order valence-corrected chi connectivity index (χ0v) is 13.2. The van der Waals surface area contributed by atoms with Crippen LogP contribution in [0.25, 0.3) is 0 Å². The van der Waals surface area contributed by atoms with Gasteiger partial charge in [-0.2, -0.15) is 5.26 Å². The number of nitriles is 1. The molecule has 0 saturated carbocycles. The summed E-state index contributed by atoms with van der Waals surface area (Å²) in [5, 5.41) is 12.9. The van der Waals surface area contributed by atoms with Gasteiger partial charge in [0.15, 0.2) is 0 Å². The fourth-order valence-electron chi connectivity index (χ4n) is 2.64. The monoisotopic (exact) mass is 289 g/mol. The van der Waals surface area contributed by atoms with E-state index >= 15 is 0 Å². The number of likely N-dealkylation sites (tertiary alicyclic amines) is 1. The van der Waals surface area contributed by atoms with E-state index in [0.29, 0.717) is 6.04 Å². The maximum Gasteiger partial charge on any atom is 0.102 e. The van der Waals surface area contributed by atoms with Crippen LogP contribution in [0.2, 0.25) is 0 Å². The molecule has 2 rings (SSSR count). The Morgan fingerprint density at radius 2 is 2.15 bits per heavy atom. The maximum absolute atomic E-state index is 9.39. The lowest BCUT2D eigenvalue weighted by Crippen LogP contribution is -2.35. The zero-order chi connectivity index (χ0) is 14.4. The molecule has 0 radical (unpaired) electrons. The van der Waals surface area contributed by atoms with Crippen LogP contribution in [0.1, 0.15) is 32.3 Å². The largest absolute Gasteiger partial charge is 0.382 e. The summed E-state index contributed by atoms with van der Waals surface area (Å²) in [6.07, 6.45) is 2.63. The molecule has 1 heterocycles. The van der Waals surface area contributed by atoms with Gasteiger partial charge in [0.25, 0.3) is 0 Å². The van der Waals surface area contributed by atoms with Gasteiger partial charge in [0.2, 0.25) is 0 Å². The smallest absolute Gasteiger partial charge is 0.102 e. The molecular weight excluding hydrogens is 266 g/mol. The third-order valence-corrected chi connectivity index (χ3v) is 4.73. The third kappa shape index (κ3) is 3.68. The van der Waals surface area contributed by atoms with Gasteiger partial charge >= 0.3 is 0 Å². The predicted molar refractivity (Wildman–Crippen MR) is 86.3 cm³/mol. The zero-order valence-electron chi connectivity index (χ0n) is 12.4. The van der Waals surface area contributed by atoms with Gasteiger partial charge in [-0.3, -0.25) is 4.90 Å². The first-order valence-corrected chi connectivity index (χ1v) is 8.38. The van der Waals surface area contributed by atoms with Crippen LogP contribution in [0.15, 0.2) is 23.1 Å². The van der Waals surface area contributed by atoms with E-state index < -0.39 is 0 Å². The highest BCUT2D eigenvalue weighted by Gasteiger charge is 2.18. The third-order valence-electron chi connectivity index (χ3n) is 3.79. The predicted octanol–water partition coefficient (Wildman–Crippen LogP) is 3.57. The van der Waals surface area contributed by atoms with Crippen molar-refractivity contribution in [1.29, 1.82) is 5.26 Å². The van der Waals surface area contributed by atoms with Gasteiger partial charge in [-0.05, 0) is 50.7 Å². The van der Waals surface area contributed by atoms with Crippen LogP contribution in [0.5, 0.6) is 0 Å². The first-order valence-electron chi connectivity index (χ1n) is 7.40. The Kier molecular flexibility index (Phi) is 5.75. The Bertz CT molecular complexity index is 475. The number of thioether (sulfide) groups is 1. The Morgan fingerprint density at radius 3 is 2.80 bits per heavy atom. The quantitative estimate of drug-likeness (QED) is 0.813. The maximum atomic E-state index is 9.39. The van der Waals surface area contributed by atoms with Crippen LogP contribution in [0, 0.1) is 11.3 Å². The van der Waals surface area contributed by atoms with Gasteiger partial charge < -0.3 is 5.32 Å². The van der Waals surface area contributed by atoms with Gasteiger partial charge in [-0.1, -0.05) is 13.0 Å². The topological polar surface area (TPSA) is 39.1 Å². The summed E-state index contributed by atoms with van der Waals surface area (Å²) in [6.45, 7) is 7.69. The molecule has 1 atom stereocenters. The lowest BCUT2D eigenvalue weighted by atomic mass is 10.2. The van der Waals surface area contributed by atoms with Gasteiger partial charge in [-0.25, -0.2) is 0 Å². The lowest BCUT2D eigenvalue weighted by Gasteiger charge is -2.24. The molecule has 0 bridgehead atoms. The highest BCUT2D eigenvalue weighted by Crippen LogP contribution is 2.28. The minimum Gasteiger partial charge on any atom is -0.382 e. The Morgan fingerprint density at radius 1 is 1.40 bits per heavy atom. The highest BCUT2D eigenvalue weighted by molar-refractivity contribution is 7.99. The number of rotatable bonds is 6. The van der Waals surface area contributed by atoms with Crippen molar-refractivity contribution in [2.45, 2.75) is 37.6 Å². The van der Waals surface area contributed by atoms with Crippen molar-refractivity contribution < 1.29 is 0 Å². The average molecular weight is 289 g/mol. The minimum absolute atomic E-state index is 0.520. The first kappa shape index (κ1) is 15.2. The SMILES string of the molecule is CCSc1cccc(NCC(C)N2CCCC2)c1C#N. The van der Waals surface area contributed by atoms with Crippen molar-refractivity contribution in [2.24, 2.45) is 0 Å². The summed E-state index contributed by atoms with van der Waals surface area (Å²) in [5.41, 5.74) is 1.75. The second kappa shape index (κ2) is 7.56. The van der Waals surface area contributed by atoms with Crippen LogP contribution in [0.4, 0.5) is 5.69 Å². The van der Waals surface area contributed by atoms with Crippen molar-refractivity contribution in [1.82, 2.24) is 4.90 Å². The second-order valence-corrected chi connectivity index (χ2v) is 6.50. The fraction of sp³-hybridized carbons (Fsp3) is 0.562. The minimum atomic E-state index is 0.520. The fourth-order valence-corrected chi connectivity index (χ4v) is 3.42. The summed E-state index contributed by atoms with van der Waals surface area (Å²) in [5.74, 6) is 0.988. The molecule has 1 aromatic carbocycles. The first-order chi connectivity index (χ1) is 9.76. The molecule has 0 aromatic heterocycles. The number of nitrogens with one attached hydrogen (secondary N) is 1. The molecule has 20 heavy (non-hydrogen) atoms. The molecule has 0 aliphatic carbocycles. The molecule has 1 aliphatic heterocycles. The Balaban J connectivity index is 2.01. The van der Waals surface area contributed by atoms with E-state index in [0.717, 1.165) is 28.4 Å². The standard InChI is InChI=1S/C16H23N3S/c1-3-20-16-8-6-7-15(14(16)11-17)18-12-13(2)19-9-4-5-10-19/h6-8,13,18H,3-5,9-10,12H2,1-2H3. The number of hydrogen-bond donors (Lipinski definition) is 1. The van der Waals surface area contributed by atoms with Crippen LogP contribution in [-0.2, 0) is 0 Å². The molecular formula is C16H23N3S. The van der Waals surface area contributed by atoms with E-state index in [1.165, 1.54) is 25.9 Å². The van der Waals surface area contributed by atoms with Crippen molar-refractivity contribution in [3.05, 3.63) is 23.8 Å². The van der Waals surface area contributed by atoms with Crippen molar-refractivity contribution in [3.8, 4) is 6.07 Å². The van der Waals surface area contributed by atoms with E-state index in [9.17, 15) is 5.26 Å². The number of anilines is 1. The van der Waals surface area contributed by atoms with Gasteiger partial charge in [0.05, 0.1) is 11.3 Å². The summed E-state index contributed by atoms with van der Waals surface area (Å²) in [4.78, 5) is 3.60. The highest BCUT2D eigenvalue weighted by atomic mass is 32.2. The van der Waals surface area contributed by atoms with Crippen molar-refractivity contribution in [2.75, 3.05) is 30.7 Å². The molecule has 1 unspecified atom stereocenters. The number of benzene rings is 1. The van der Waals surface area contributed by atoms with Crippen LogP contribution >= 0.6 is 11.8 Å². The Labute approximate surface area is 126 Å². The normalized spacial score (nSPS) is 16.9. The number of hydrogen-bond acceptors (Lipinski definition) is 4. The van der Waals surface area contributed by atoms with Crippen molar-refractivity contribution >= 4 is 17.4 Å². The molecule has 0 amide bonds. The van der Waals surface area contributed by atoms with Crippen LogP contribution in [0.3, 0.4) is 0 Å². The van der Waals surface area contributed by atoms with Gasteiger partial charge in [0, 0.05) is 17.5 Å². The van der Waals surface area contributed by atoms with Crippen LogP contribution < -0.4 is 5.32 Å². The Hall–Kier alpha value is -1.18. The summed E-state index contributed by atoms with van der Waals surface area (Å²) < 4.78 is 0.